The van der Waals surface area contributed by atoms with Crippen LogP contribution in [0.3, 0.4) is 0 Å². The topological polar surface area (TPSA) is 24.9 Å². The number of thiazole rings is 1. The fraction of sp³-hybridized carbons (Fsp3) is 0.769. The third-order valence-corrected chi connectivity index (χ3v) is 5.00. The summed E-state index contributed by atoms with van der Waals surface area (Å²) in [4.78, 5) is 5.89. The van der Waals surface area contributed by atoms with Crippen molar-refractivity contribution in [3.05, 3.63) is 10.6 Å². The van der Waals surface area contributed by atoms with Crippen molar-refractivity contribution < 1.29 is 0 Å². The second kappa shape index (κ2) is 4.02. The van der Waals surface area contributed by atoms with Crippen LogP contribution >= 0.6 is 11.3 Å². The van der Waals surface area contributed by atoms with E-state index in [-0.39, 0.29) is 0 Å². The van der Waals surface area contributed by atoms with E-state index < -0.39 is 0 Å². The maximum Gasteiger partial charge on any atom is 0.183 e. The van der Waals surface area contributed by atoms with Gasteiger partial charge in [-0.3, -0.25) is 0 Å². The van der Waals surface area contributed by atoms with Crippen LogP contribution in [-0.2, 0) is 0 Å². The van der Waals surface area contributed by atoms with E-state index in [1.807, 2.05) is 0 Å². The van der Waals surface area contributed by atoms with Crippen molar-refractivity contribution in [1.82, 2.24) is 4.98 Å². The summed E-state index contributed by atoms with van der Waals surface area (Å²) in [7, 11) is 0. The molecular weight excluding hydrogens is 216 g/mol. The molecule has 0 bridgehead atoms. The van der Waals surface area contributed by atoms with Crippen molar-refractivity contribution in [1.29, 1.82) is 0 Å². The third-order valence-electron chi connectivity index (χ3n) is 3.97. The molecule has 0 amide bonds. The summed E-state index contributed by atoms with van der Waals surface area (Å²) in [6, 6.07) is 0. The van der Waals surface area contributed by atoms with Gasteiger partial charge in [0.05, 0.1) is 5.69 Å². The molecule has 3 heteroatoms. The number of hydrogen-bond donors (Lipinski definition) is 1. The van der Waals surface area contributed by atoms with Crippen molar-refractivity contribution in [2.75, 3.05) is 11.9 Å². The van der Waals surface area contributed by atoms with E-state index in [4.69, 9.17) is 0 Å². The molecule has 0 aliphatic heterocycles. The van der Waals surface area contributed by atoms with Crippen LogP contribution in [0.5, 0.6) is 0 Å². The van der Waals surface area contributed by atoms with Crippen LogP contribution in [0.25, 0.3) is 0 Å². The first kappa shape index (κ1) is 10.6. The minimum atomic E-state index is 0.935. The Balaban J connectivity index is 1.57. The fourth-order valence-electron chi connectivity index (χ4n) is 2.52. The van der Waals surface area contributed by atoms with Gasteiger partial charge in [-0.25, -0.2) is 4.98 Å². The number of nitrogens with one attached hydrogen (secondary N) is 1. The van der Waals surface area contributed by atoms with Crippen molar-refractivity contribution in [2.24, 2.45) is 17.8 Å². The molecule has 1 aromatic heterocycles. The van der Waals surface area contributed by atoms with Gasteiger partial charge in [-0.05, 0) is 57.3 Å². The Morgan fingerprint density at radius 3 is 2.31 bits per heavy atom. The number of rotatable bonds is 5. The molecule has 1 N–H and O–H groups in total. The van der Waals surface area contributed by atoms with Gasteiger partial charge in [0.2, 0.25) is 0 Å². The summed E-state index contributed by atoms with van der Waals surface area (Å²) in [5.41, 5.74) is 1.18. The Hall–Kier alpha value is -0.570. The molecular formula is C13H20N2S. The SMILES string of the molecule is Cc1nc(NCC(C2CC2)C2CC2)sc1C. The zero-order chi connectivity index (χ0) is 11.1. The molecule has 0 atom stereocenters. The van der Waals surface area contributed by atoms with Gasteiger partial charge in [-0.15, -0.1) is 11.3 Å². The summed E-state index contributed by atoms with van der Waals surface area (Å²) < 4.78 is 0. The van der Waals surface area contributed by atoms with Crippen molar-refractivity contribution >= 4 is 16.5 Å². The van der Waals surface area contributed by atoms with E-state index in [0.29, 0.717) is 0 Å². The Morgan fingerprint density at radius 2 is 1.88 bits per heavy atom. The summed E-state index contributed by atoms with van der Waals surface area (Å²) in [5, 5.41) is 4.68. The molecule has 88 valence electrons. The second-order valence-electron chi connectivity index (χ2n) is 5.38. The van der Waals surface area contributed by atoms with Gasteiger partial charge in [0.15, 0.2) is 5.13 Å². The average Bonchev–Trinajstić information content (AvgIpc) is 3.12. The lowest BCUT2D eigenvalue weighted by Gasteiger charge is -2.15. The highest BCUT2D eigenvalue weighted by Gasteiger charge is 2.41. The Bertz CT molecular complexity index is 346. The molecule has 2 aliphatic rings. The van der Waals surface area contributed by atoms with Crippen molar-refractivity contribution in [3.8, 4) is 0 Å². The fourth-order valence-corrected chi connectivity index (χ4v) is 3.34. The lowest BCUT2D eigenvalue weighted by atomic mass is 9.98. The molecule has 0 aromatic carbocycles. The first-order valence-corrected chi connectivity index (χ1v) is 7.23. The van der Waals surface area contributed by atoms with Crippen molar-refractivity contribution in [3.63, 3.8) is 0 Å². The monoisotopic (exact) mass is 236 g/mol. The van der Waals surface area contributed by atoms with E-state index in [0.717, 1.165) is 29.4 Å². The van der Waals surface area contributed by atoms with Crippen LogP contribution in [0.15, 0.2) is 0 Å². The maximum atomic E-state index is 4.55. The van der Waals surface area contributed by atoms with Gasteiger partial charge < -0.3 is 5.32 Å². The maximum absolute atomic E-state index is 4.55. The van der Waals surface area contributed by atoms with Gasteiger partial charge in [-0.2, -0.15) is 0 Å². The van der Waals surface area contributed by atoms with Crippen LogP contribution in [0.4, 0.5) is 5.13 Å². The Morgan fingerprint density at radius 1 is 1.25 bits per heavy atom. The van der Waals surface area contributed by atoms with Gasteiger partial charge in [0, 0.05) is 11.4 Å². The van der Waals surface area contributed by atoms with Crippen LogP contribution in [0, 0.1) is 31.6 Å². The molecule has 0 radical (unpaired) electrons. The summed E-state index contributed by atoms with van der Waals surface area (Å²) >= 11 is 1.80. The first-order chi connectivity index (χ1) is 7.74. The number of aromatic nitrogens is 1. The second-order valence-corrected chi connectivity index (χ2v) is 6.58. The molecule has 0 saturated heterocycles. The van der Waals surface area contributed by atoms with Crippen molar-refractivity contribution in [2.45, 2.75) is 39.5 Å². The summed E-state index contributed by atoms with van der Waals surface area (Å²) in [6.07, 6.45) is 5.88. The molecule has 2 aliphatic carbocycles. The van der Waals surface area contributed by atoms with E-state index in [1.165, 1.54) is 36.3 Å². The lowest BCUT2D eigenvalue weighted by molar-refractivity contribution is 0.428. The van der Waals surface area contributed by atoms with Crippen LogP contribution in [0.1, 0.15) is 36.3 Å². The van der Waals surface area contributed by atoms with Gasteiger partial charge in [-0.1, -0.05) is 0 Å². The standard InChI is InChI=1S/C13H20N2S/c1-8-9(2)16-13(15-8)14-7-12(10-3-4-10)11-5-6-11/h10-12H,3-7H2,1-2H3,(H,14,15). The highest BCUT2D eigenvalue weighted by molar-refractivity contribution is 7.15. The predicted octanol–water partition coefficient (Wildman–Crippen LogP) is 3.61. The molecule has 1 heterocycles. The van der Waals surface area contributed by atoms with Gasteiger partial charge >= 0.3 is 0 Å². The van der Waals surface area contributed by atoms with Gasteiger partial charge in [0.1, 0.15) is 0 Å². The smallest absolute Gasteiger partial charge is 0.183 e. The van der Waals surface area contributed by atoms with E-state index in [2.05, 4.69) is 24.1 Å². The number of anilines is 1. The zero-order valence-corrected chi connectivity index (χ0v) is 10.9. The lowest BCUT2D eigenvalue weighted by Crippen LogP contribution is -2.18. The minimum Gasteiger partial charge on any atom is -0.361 e. The molecule has 2 nitrogen and oxygen atoms in total. The molecule has 1 aromatic rings. The highest BCUT2D eigenvalue weighted by atomic mass is 32.1. The molecule has 0 unspecified atom stereocenters. The van der Waals surface area contributed by atoms with Gasteiger partial charge in [0.25, 0.3) is 0 Å². The molecule has 16 heavy (non-hydrogen) atoms. The minimum absolute atomic E-state index is 0.935. The van der Waals surface area contributed by atoms with E-state index >= 15 is 0 Å². The Kier molecular flexibility index (Phi) is 2.66. The van der Waals surface area contributed by atoms with Crippen LogP contribution in [0.2, 0.25) is 0 Å². The summed E-state index contributed by atoms with van der Waals surface area (Å²) in [5.74, 6) is 2.99. The molecule has 2 fully saturated rings. The van der Waals surface area contributed by atoms with Crippen LogP contribution < -0.4 is 5.32 Å². The highest BCUT2D eigenvalue weighted by Crippen LogP contribution is 2.49. The zero-order valence-electron chi connectivity index (χ0n) is 10.1. The largest absolute Gasteiger partial charge is 0.361 e. The molecule has 3 rings (SSSR count). The number of aryl methyl sites for hydroxylation is 2. The first-order valence-electron chi connectivity index (χ1n) is 6.42. The molecule has 0 spiro atoms. The predicted molar refractivity (Wildman–Crippen MR) is 69.0 cm³/mol. The number of hydrogen-bond acceptors (Lipinski definition) is 3. The van der Waals surface area contributed by atoms with E-state index in [9.17, 15) is 0 Å². The quantitative estimate of drug-likeness (QED) is 0.845. The number of nitrogens with zero attached hydrogens (tertiary/aromatic N) is 1. The normalized spacial score (nSPS) is 20.4. The Labute approximate surface area is 101 Å². The average molecular weight is 236 g/mol. The van der Waals surface area contributed by atoms with Crippen LogP contribution in [-0.4, -0.2) is 11.5 Å². The molecule has 2 saturated carbocycles. The van der Waals surface area contributed by atoms with E-state index in [1.54, 1.807) is 11.3 Å². The third kappa shape index (κ3) is 2.24. The summed E-state index contributed by atoms with van der Waals surface area (Å²) in [6.45, 7) is 5.40.